The molecule has 1 fully saturated rings. The van der Waals surface area contributed by atoms with Crippen LogP contribution in [-0.2, 0) is 0 Å². The molecule has 2 heteroatoms. The lowest BCUT2D eigenvalue weighted by atomic mass is 9.90. The Morgan fingerprint density at radius 2 is 1.53 bits per heavy atom. The zero-order chi connectivity index (χ0) is 12.1. The minimum absolute atomic E-state index is 0. The van der Waals surface area contributed by atoms with Crippen LogP contribution < -0.4 is 0 Å². The van der Waals surface area contributed by atoms with Crippen LogP contribution in [0, 0.1) is 17.6 Å². The van der Waals surface area contributed by atoms with E-state index in [1.165, 1.54) is 25.0 Å². The van der Waals surface area contributed by atoms with Crippen molar-refractivity contribution in [3.8, 4) is 0 Å². The van der Waals surface area contributed by atoms with Gasteiger partial charge in [-0.3, -0.25) is 0 Å². The number of hydrogen-bond donors (Lipinski definition) is 0. The van der Waals surface area contributed by atoms with Gasteiger partial charge in [-0.15, -0.1) is 0 Å². The monoisotopic (exact) mass is 242 g/mol. The Hall–Kier alpha value is -0.920. The summed E-state index contributed by atoms with van der Waals surface area (Å²) in [6, 6.07) is 3.87. The van der Waals surface area contributed by atoms with Crippen molar-refractivity contribution in [1.82, 2.24) is 0 Å². The minimum Gasteiger partial charge on any atom is -0.207 e. The quantitative estimate of drug-likeness (QED) is 0.607. The van der Waals surface area contributed by atoms with Crippen molar-refractivity contribution in [2.75, 3.05) is 0 Å². The van der Waals surface area contributed by atoms with Gasteiger partial charge in [0.05, 0.1) is 0 Å². The second kappa shape index (κ2) is 7.41. The summed E-state index contributed by atoms with van der Waals surface area (Å²) in [5, 5.41) is 0. The predicted octanol–water partition coefficient (Wildman–Crippen LogP) is 5.53. The number of hydrogen-bond acceptors (Lipinski definition) is 0. The molecule has 2 atom stereocenters. The first kappa shape index (κ1) is 16.1. The summed E-state index contributed by atoms with van der Waals surface area (Å²) in [5.74, 6) is -0.0189. The fourth-order valence-corrected chi connectivity index (χ4v) is 2.43. The van der Waals surface area contributed by atoms with Crippen molar-refractivity contribution < 1.29 is 8.78 Å². The van der Waals surface area contributed by atoms with Gasteiger partial charge in [0.25, 0.3) is 0 Å². The molecule has 0 radical (unpaired) electrons. The molecular formula is C15H24F2. The van der Waals surface area contributed by atoms with Crippen LogP contribution in [0.2, 0.25) is 0 Å². The standard InChI is InChI=1S/C12H14F2.C2H6.CH4/c1-8-3-2-4-12(8)9-5-10(13)7-11(14)6-9;1-2;/h5-8,12H,2-4H2,1H3;1-2H3;1H4/t8-,12+;;/m1../s1. The largest absolute Gasteiger partial charge is 0.207 e. The van der Waals surface area contributed by atoms with Crippen LogP contribution in [-0.4, -0.2) is 0 Å². The van der Waals surface area contributed by atoms with Gasteiger partial charge in [0.2, 0.25) is 0 Å². The van der Waals surface area contributed by atoms with Crippen molar-refractivity contribution in [2.24, 2.45) is 5.92 Å². The topological polar surface area (TPSA) is 0 Å². The molecule has 1 aliphatic rings. The average molecular weight is 242 g/mol. The highest BCUT2D eigenvalue weighted by Gasteiger charge is 2.25. The molecule has 1 aromatic carbocycles. The minimum atomic E-state index is -0.459. The maximum Gasteiger partial charge on any atom is 0.126 e. The molecule has 0 aliphatic heterocycles. The van der Waals surface area contributed by atoms with E-state index < -0.39 is 11.6 Å². The third-order valence-corrected chi connectivity index (χ3v) is 3.17. The first-order chi connectivity index (χ1) is 7.66. The fourth-order valence-electron chi connectivity index (χ4n) is 2.43. The first-order valence-corrected chi connectivity index (χ1v) is 6.13. The van der Waals surface area contributed by atoms with Gasteiger partial charge in [0.1, 0.15) is 11.6 Å². The Morgan fingerprint density at radius 3 is 1.94 bits per heavy atom. The van der Waals surface area contributed by atoms with Gasteiger partial charge in [0, 0.05) is 6.07 Å². The molecule has 1 aromatic rings. The Bertz CT molecular complexity index is 313. The number of halogens is 2. The van der Waals surface area contributed by atoms with Crippen LogP contribution in [0.5, 0.6) is 0 Å². The van der Waals surface area contributed by atoms with E-state index >= 15 is 0 Å². The van der Waals surface area contributed by atoms with Crippen LogP contribution in [0.15, 0.2) is 18.2 Å². The lowest BCUT2D eigenvalue weighted by Gasteiger charge is -2.15. The summed E-state index contributed by atoms with van der Waals surface area (Å²) in [6.07, 6.45) is 3.40. The summed E-state index contributed by atoms with van der Waals surface area (Å²) in [4.78, 5) is 0. The molecule has 98 valence electrons. The molecule has 0 N–H and O–H groups in total. The molecule has 17 heavy (non-hydrogen) atoms. The molecule has 1 aliphatic carbocycles. The van der Waals surface area contributed by atoms with Crippen LogP contribution >= 0.6 is 0 Å². The third kappa shape index (κ3) is 4.10. The molecule has 0 bridgehead atoms. The second-order valence-electron chi connectivity index (χ2n) is 4.22. The van der Waals surface area contributed by atoms with E-state index in [0.29, 0.717) is 11.8 Å². The van der Waals surface area contributed by atoms with Crippen molar-refractivity contribution >= 4 is 0 Å². The van der Waals surface area contributed by atoms with Crippen LogP contribution in [0.3, 0.4) is 0 Å². The van der Waals surface area contributed by atoms with Crippen molar-refractivity contribution in [2.45, 2.75) is 53.4 Å². The van der Waals surface area contributed by atoms with Gasteiger partial charge in [-0.1, -0.05) is 41.0 Å². The van der Waals surface area contributed by atoms with E-state index in [1.807, 2.05) is 13.8 Å². The normalized spacial score (nSPS) is 22.4. The van der Waals surface area contributed by atoms with Gasteiger partial charge in [-0.2, -0.15) is 0 Å². The summed E-state index contributed by atoms with van der Waals surface area (Å²) in [5.41, 5.74) is 0.826. The molecule has 0 aromatic heterocycles. The smallest absolute Gasteiger partial charge is 0.126 e. The van der Waals surface area contributed by atoms with E-state index in [4.69, 9.17) is 0 Å². The fraction of sp³-hybridized carbons (Fsp3) is 0.600. The highest BCUT2D eigenvalue weighted by molar-refractivity contribution is 5.23. The van der Waals surface area contributed by atoms with Gasteiger partial charge in [0.15, 0.2) is 0 Å². The Balaban J connectivity index is 0.000000811. The summed E-state index contributed by atoms with van der Waals surface area (Å²) in [7, 11) is 0. The van der Waals surface area contributed by atoms with Gasteiger partial charge >= 0.3 is 0 Å². The average Bonchev–Trinajstić information content (AvgIpc) is 2.66. The molecule has 0 spiro atoms. The second-order valence-corrected chi connectivity index (χ2v) is 4.22. The summed E-state index contributed by atoms with van der Waals surface area (Å²) < 4.78 is 25.9. The Kier molecular flexibility index (Phi) is 7.01. The molecule has 2 rings (SSSR count). The molecule has 0 unspecified atom stereocenters. The van der Waals surface area contributed by atoms with E-state index in [9.17, 15) is 8.78 Å². The maximum atomic E-state index is 13.0. The third-order valence-electron chi connectivity index (χ3n) is 3.17. The van der Waals surface area contributed by atoms with Gasteiger partial charge in [-0.05, 0) is 36.0 Å². The van der Waals surface area contributed by atoms with Crippen LogP contribution in [0.4, 0.5) is 8.78 Å². The van der Waals surface area contributed by atoms with Crippen LogP contribution in [0.25, 0.3) is 0 Å². The zero-order valence-corrected chi connectivity index (χ0v) is 10.3. The van der Waals surface area contributed by atoms with Crippen molar-refractivity contribution in [1.29, 1.82) is 0 Å². The molecular weight excluding hydrogens is 218 g/mol. The highest BCUT2D eigenvalue weighted by atomic mass is 19.1. The summed E-state index contributed by atoms with van der Waals surface area (Å²) in [6.45, 7) is 6.15. The van der Waals surface area contributed by atoms with Crippen LogP contribution in [0.1, 0.15) is 58.9 Å². The van der Waals surface area contributed by atoms with Gasteiger partial charge in [-0.25, -0.2) is 8.78 Å². The number of benzene rings is 1. The van der Waals surface area contributed by atoms with Crippen molar-refractivity contribution in [3.05, 3.63) is 35.4 Å². The summed E-state index contributed by atoms with van der Waals surface area (Å²) >= 11 is 0. The Labute approximate surface area is 104 Å². The molecule has 0 nitrogen and oxygen atoms in total. The SMILES string of the molecule is C.CC.C[C@@H]1CCC[C@@H]1c1cc(F)cc(F)c1. The molecule has 0 amide bonds. The van der Waals surface area contributed by atoms with Gasteiger partial charge < -0.3 is 0 Å². The van der Waals surface area contributed by atoms with E-state index in [-0.39, 0.29) is 7.43 Å². The predicted molar refractivity (Wildman–Crippen MR) is 70.2 cm³/mol. The zero-order valence-electron chi connectivity index (χ0n) is 10.3. The molecule has 0 heterocycles. The lowest BCUT2D eigenvalue weighted by Crippen LogP contribution is -2.02. The van der Waals surface area contributed by atoms with Crippen molar-refractivity contribution in [3.63, 3.8) is 0 Å². The van der Waals surface area contributed by atoms with E-state index in [0.717, 1.165) is 18.1 Å². The highest BCUT2D eigenvalue weighted by Crippen LogP contribution is 2.39. The molecule has 0 saturated heterocycles. The van der Waals surface area contributed by atoms with E-state index in [2.05, 4.69) is 6.92 Å². The number of rotatable bonds is 1. The maximum absolute atomic E-state index is 13.0. The first-order valence-electron chi connectivity index (χ1n) is 6.13. The lowest BCUT2D eigenvalue weighted by molar-refractivity contribution is 0.519. The van der Waals surface area contributed by atoms with E-state index in [1.54, 1.807) is 0 Å². The Morgan fingerprint density at radius 1 is 1.00 bits per heavy atom. The molecule has 1 saturated carbocycles.